The van der Waals surface area contributed by atoms with Gasteiger partial charge in [-0.05, 0) is 55.8 Å². The molecular weight excluding hydrogens is 348 g/mol. The van der Waals surface area contributed by atoms with Crippen LogP contribution in [0.4, 0.5) is 8.78 Å². The Labute approximate surface area is 159 Å². The summed E-state index contributed by atoms with van der Waals surface area (Å²) in [5, 5.41) is 8.98. The lowest BCUT2D eigenvalue weighted by Crippen LogP contribution is -2.35. The first kappa shape index (κ1) is 19.8. The van der Waals surface area contributed by atoms with E-state index in [1.54, 1.807) is 6.07 Å². The van der Waals surface area contributed by atoms with E-state index in [0.29, 0.717) is 24.5 Å². The third-order valence-electron chi connectivity index (χ3n) is 5.16. The molecule has 0 amide bonds. The van der Waals surface area contributed by atoms with Crippen molar-refractivity contribution < 1.29 is 18.6 Å². The zero-order valence-electron chi connectivity index (χ0n) is 15.5. The van der Waals surface area contributed by atoms with Gasteiger partial charge in [0, 0.05) is 24.7 Å². The zero-order valence-corrected chi connectivity index (χ0v) is 15.5. The number of likely N-dealkylation sites (tertiary alicyclic amines) is 1. The molecule has 0 saturated carbocycles. The summed E-state index contributed by atoms with van der Waals surface area (Å²) in [6, 6.07) is 11.8. The van der Waals surface area contributed by atoms with Gasteiger partial charge in [-0.25, -0.2) is 8.78 Å². The lowest BCUT2D eigenvalue weighted by Gasteiger charge is -2.33. The molecule has 1 saturated heterocycles. The fourth-order valence-electron chi connectivity index (χ4n) is 3.79. The van der Waals surface area contributed by atoms with E-state index in [1.807, 2.05) is 18.2 Å². The van der Waals surface area contributed by atoms with Gasteiger partial charge in [0.05, 0.1) is 6.61 Å². The quantitative estimate of drug-likeness (QED) is 0.751. The number of ether oxygens (including phenoxy) is 1. The van der Waals surface area contributed by atoms with Crippen LogP contribution >= 0.6 is 0 Å². The van der Waals surface area contributed by atoms with E-state index in [9.17, 15) is 8.78 Å². The average Bonchev–Trinajstić information content (AvgIpc) is 2.67. The molecule has 1 heterocycles. The first-order chi connectivity index (χ1) is 13.2. The van der Waals surface area contributed by atoms with Gasteiger partial charge in [0.2, 0.25) is 0 Å². The van der Waals surface area contributed by atoms with Crippen molar-refractivity contribution in [3.8, 4) is 5.75 Å². The molecule has 1 fully saturated rings. The molecule has 0 radical (unpaired) electrons. The van der Waals surface area contributed by atoms with Crippen molar-refractivity contribution in [1.29, 1.82) is 0 Å². The maximum atomic E-state index is 13.8. The molecule has 2 aromatic rings. The van der Waals surface area contributed by atoms with E-state index in [2.05, 4.69) is 11.0 Å². The van der Waals surface area contributed by atoms with Crippen molar-refractivity contribution in [1.82, 2.24) is 4.90 Å². The average molecular weight is 375 g/mol. The fourth-order valence-corrected chi connectivity index (χ4v) is 3.79. The van der Waals surface area contributed by atoms with Gasteiger partial charge >= 0.3 is 0 Å². The number of aliphatic hydroxyl groups is 1. The van der Waals surface area contributed by atoms with Crippen molar-refractivity contribution in [2.24, 2.45) is 5.92 Å². The first-order valence-electron chi connectivity index (χ1n) is 9.63. The van der Waals surface area contributed by atoms with Gasteiger partial charge in [-0.1, -0.05) is 24.3 Å². The molecule has 3 rings (SSSR count). The highest BCUT2D eigenvalue weighted by atomic mass is 19.1. The third-order valence-corrected chi connectivity index (χ3v) is 5.16. The molecule has 146 valence electrons. The number of aryl methyl sites for hydroxylation is 1. The highest BCUT2D eigenvalue weighted by Crippen LogP contribution is 2.26. The number of nitrogens with zero attached hydrogens (tertiary/aromatic N) is 1. The number of hydrogen-bond donors (Lipinski definition) is 1. The number of halogens is 2. The lowest BCUT2D eigenvalue weighted by molar-refractivity contribution is 0.157. The van der Waals surface area contributed by atoms with Crippen molar-refractivity contribution >= 4 is 0 Å². The zero-order chi connectivity index (χ0) is 19.1. The van der Waals surface area contributed by atoms with Gasteiger partial charge < -0.3 is 9.84 Å². The topological polar surface area (TPSA) is 32.7 Å². The molecule has 1 atom stereocenters. The van der Waals surface area contributed by atoms with Gasteiger partial charge in [0.1, 0.15) is 24.0 Å². The van der Waals surface area contributed by atoms with E-state index in [1.165, 1.54) is 6.07 Å². The number of benzene rings is 2. The number of aliphatic hydroxyl groups excluding tert-OH is 1. The van der Waals surface area contributed by atoms with Crippen molar-refractivity contribution in [2.75, 3.05) is 26.3 Å². The molecule has 1 N–H and O–H groups in total. The maximum Gasteiger partial charge on any atom is 0.129 e. The van der Waals surface area contributed by atoms with Gasteiger partial charge in [0.15, 0.2) is 0 Å². The fraction of sp³-hybridized carbons (Fsp3) is 0.455. The molecule has 0 unspecified atom stereocenters. The molecule has 5 heteroatoms. The Kier molecular flexibility index (Phi) is 7.18. The minimum atomic E-state index is -0.526. The summed E-state index contributed by atoms with van der Waals surface area (Å²) in [6.45, 7) is 3.11. The summed E-state index contributed by atoms with van der Waals surface area (Å²) in [7, 11) is 0. The predicted octanol–water partition coefficient (Wildman–Crippen LogP) is 4.18. The van der Waals surface area contributed by atoms with Gasteiger partial charge in [-0.2, -0.15) is 0 Å². The molecule has 3 nitrogen and oxygen atoms in total. The van der Waals surface area contributed by atoms with E-state index >= 15 is 0 Å². The Bertz CT molecular complexity index is 738. The van der Waals surface area contributed by atoms with Crippen LogP contribution in [0.5, 0.6) is 5.75 Å². The number of para-hydroxylation sites is 1. The van der Waals surface area contributed by atoms with Gasteiger partial charge in [-0.3, -0.25) is 4.90 Å². The maximum absolute atomic E-state index is 13.8. The first-order valence-corrected chi connectivity index (χ1v) is 9.63. The van der Waals surface area contributed by atoms with Gasteiger partial charge in [-0.15, -0.1) is 0 Å². The second-order valence-electron chi connectivity index (χ2n) is 7.20. The Morgan fingerprint density at radius 2 is 1.96 bits per heavy atom. The number of hydrogen-bond acceptors (Lipinski definition) is 3. The molecule has 27 heavy (non-hydrogen) atoms. The van der Waals surface area contributed by atoms with E-state index in [0.717, 1.165) is 56.3 Å². The Morgan fingerprint density at radius 1 is 1.11 bits per heavy atom. The molecule has 0 bridgehead atoms. The highest BCUT2D eigenvalue weighted by Gasteiger charge is 2.21. The lowest BCUT2D eigenvalue weighted by atomic mass is 9.91. The van der Waals surface area contributed by atoms with Crippen LogP contribution in [-0.4, -0.2) is 36.3 Å². The Balaban J connectivity index is 1.55. The third kappa shape index (κ3) is 5.75. The van der Waals surface area contributed by atoms with Gasteiger partial charge in [0.25, 0.3) is 0 Å². The molecule has 0 spiro atoms. The highest BCUT2D eigenvalue weighted by molar-refractivity contribution is 5.33. The van der Waals surface area contributed by atoms with Crippen LogP contribution in [0.3, 0.4) is 0 Å². The predicted molar refractivity (Wildman–Crippen MR) is 102 cm³/mol. The Hall–Kier alpha value is -1.98. The SMILES string of the molecule is OCCOc1ccccc1CN1CCC[C@H](CCc2ccc(F)cc2F)C1. The van der Waals surface area contributed by atoms with Crippen LogP contribution in [0.2, 0.25) is 0 Å². The molecule has 0 aliphatic carbocycles. The summed E-state index contributed by atoms with van der Waals surface area (Å²) in [5.74, 6) is 0.357. The van der Waals surface area contributed by atoms with Crippen molar-refractivity contribution in [3.63, 3.8) is 0 Å². The van der Waals surface area contributed by atoms with Crippen LogP contribution in [0.15, 0.2) is 42.5 Å². The second kappa shape index (κ2) is 9.81. The van der Waals surface area contributed by atoms with E-state index in [-0.39, 0.29) is 6.61 Å². The molecule has 1 aliphatic heterocycles. The smallest absolute Gasteiger partial charge is 0.129 e. The summed E-state index contributed by atoms with van der Waals surface area (Å²) in [6.07, 6.45) is 3.81. The van der Waals surface area contributed by atoms with Crippen LogP contribution < -0.4 is 4.74 Å². The van der Waals surface area contributed by atoms with Crippen molar-refractivity contribution in [2.45, 2.75) is 32.2 Å². The van der Waals surface area contributed by atoms with Crippen LogP contribution in [0.1, 0.15) is 30.4 Å². The standard InChI is InChI=1S/C22H27F2NO2/c23-20-10-9-18(21(24)14-20)8-7-17-4-3-11-25(15-17)16-19-5-1-2-6-22(19)27-13-12-26/h1-2,5-6,9-10,14,17,26H,3-4,7-8,11-13,15-16H2/t17-/m1/s1. The van der Waals surface area contributed by atoms with Crippen LogP contribution in [0, 0.1) is 17.6 Å². The minimum Gasteiger partial charge on any atom is -0.491 e. The van der Waals surface area contributed by atoms with Crippen LogP contribution in [-0.2, 0) is 13.0 Å². The molecule has 2 aromatic carbocycles. The largest absolute Gasteiger partial charge is 0.491 e. The van der Waals surface area contributed by atoms with E-state index in [4.69, 9.17) is 9.84 Å². The second-order valence-corrected chi connectivity index (χ2v) is 7.20. The number of piperidine rings is 1. The molecule has 1 aliphatic rings. The minimum absolute atomic E-state index is 0.0000673. The van der Waals surface area contributed by atoms with Crippen molar-refractivity contribution in [3.05, 3.63) is 65.2 Å². The summed E-state index contributed by atoms with van der Waals surface area (Å²) >= 11 is 0. The normalized spacial score (nSPS) is 17.8. The molecular formula is C22H27F2NO2. The van der Waals surface area contributed by atoms with Crippen LogP contribution in [0.25, 0.3) is 0 Å². The number of rotatable bonds is 8. The Morgan fingerprint density at radius 3 is 2.78 bits per heavy atom. The molecule has 0 aromatic heterocycles. The van der Waals surface area contributed by atoms with E-state index < -0.39 is 11.6 Å². The summed E-state index contributed by atoms with van der Waals surface area (Å²) in [5.41, 5.74) is 1.72. The summed E-state index contributed by atoms with van der Waals surface area (Å²) in [4.78, 5) is 2.41. The summed E-state index contributed by atoms with van der Waals surface area (Å²) < 4.78 is 32.5. The monoisotopic (exact) mass is 375 g/mol.